The van der Waals surface area contributed by atoms with Gasteiger partial charge in [-0.15, -0.1) is 0 Å². The van der Waals surface area contributed by atoms with Crippen molar-refractivity contribution in [3.63, 3.8) is 0 Å². The fraction of sp³-hybridized carbons (Fsp3) is 0.929. The molecule has 1 amide bonds. The molecule has 0 aromatic rings. The molecule has 4 heteroatoms. The van der Waals surface area contributed by atoms with Crippen LogP contribution in [0.5, 0.6) is 0 Å². The van der Waals surface area contributed by atoms with Gasteiger partial charge in [-0.1, -0.05) is 6.92 Å². The fourth-order valence-electron chi connectivity index (χ4n) is 2.90. The Morgan fingerprint density at radius 3 is 3.06 bits per heavy atom. The van der Waals surface area contributed by atoms with Crippen LogP contribution < -0.4 is 10.6 Å². The summed E-state index contributed by atoms with van der Waals surface area (Å²) in [6.45, 7) is 5.35. The second-order valence-electron chi connectivity index (χ2n) is 5.82. The molecule has 0 radical (unpaired) electrons. The summed E-state index contributed by atoms with van der Waals surface area (Å²) >= 11 is 2.01. The number of hydrogen-bond donors (Lipinski definition) is 2. The van der Waals surface area contributed by atoms with Gasteiger partial charge in [0, 0.05) is 13.0 Å². The summed E-state index contributed by atoms with van der Waals surface area (Å²) in [7, 11) is 0. The van der Waals surface area contributed by atoms with Crippen molar-refractivity contribution < 1.29 is 4.79 Å². The van der Waals surface area contributed by atoms with E-state index in [2.05, 4.69) is 17.6 Å². The van der Waals surface area contributed by atoms with Crippen LogP contribution in [-0.2, 0) is 4.79 Å². The minimum atomic E-state index is 0.255. The van der Waals surface area contributed by atoms with Gasteiger partial charge < -0.3 is 10.6 Å². The van der Waals surface area contributed by atoms with Crippen LogP contribution in [0, 0.1) is 17.8 Å². The zero-order chi connectivity index (χ0) is 12.8. The average Bonchev–Trinajstić information content (AvgIpc) is 2.90. The number of nitrogens with one attached hydrogen (secondary N) is 2. The monoisotopic (exact) mass is 270 g/mol. The lowest BCUT2D eigenvalue weighted by atomic mass is 9.85. The normalized spacial score (nSPS) is 30.1. The zero-order valence-corrected chi connectivity index (χ0v) is 12.2. The minimum absolute atomic E-state index is 0.255. The Morgan fingerprint density at radius 1 is 1.50 bits per heavy atom. The van der Waals surface area contributed by atoms with Crippen LogP contribution in [0.15, 0.2) is 0 Å². The van der Waals surface area contributed by atoms with E-state index in [0.717, 1.165) is 19.6 Å². The fourth-order valence-corrected chi connectivity index (χ4v) is 4.18. The van der Waals surface area contributed by atoms with Gasteiger partial charge in [0.2, 0.25) is 5.91 Å². The average molecular weight is 270 g/mol. The SMILES string of the molecule is CC(CC(=O)NCC1CCSC1)C1CCCNC1. The molecule has 0 bridgehead atoms. The molecular weight excluding hydrogens is 244 g/mol. The van der Waals surface area contributed by atoms with Gasteiger partial charge in [-0.05, 0) is 61.6 Å². The number of piperidine rings is 1. The van der Waals surface area contributed by atoms with Crippen molar-refractivity contribution in [1.29, 1.82) is 0 Å². The first-order valence-corrected chi connectivity index (χ1v) is 8.46. The van der Waals surface area contributed by atoms with Crippen LogP contribution in [0.1, 0.15) is 32.6 Å². The molecule has 3 atom stereocenters. The Labute approximate surface area is 115 Å². The first kappa shape index (κ1) is 14.2. The maximum absolute atomic E-state index is 11.9. The molecule has 0 saturated carbocycles. The molecule has 0 aliphatic carbocycles. The highest BCUT2D eigenvalue weighted by Crippen LogP contribution is 2.24. The van der Waals surface area contributed by atoms with Gasteiger partial charge in [0.15, 0.2) is 0 Å². The van der Waals surface area contributed by atoms with Crippen molar-refractivity contribution in [1.82, 2.24) is 10.6 Å². The molecule has 2 rings (SSSR count). The summed E-state index contributed by atoms with van der Waals surface area (Å²) in [5, 5.41) is 6.55. The van der Waals surface area contributed by atoms with E-state index in [9.17, 15) is 4.79 Å². The van der Waals surface area contributed by atoms with E-state index < -0.39 is 0 Å². The van der Waals surface area contributed by atoms with E-state index in [1.165, 1.54) is 30.8 Å². The predicted molar refractivity (Wildman–Crippen MR) is 77.8 cm³/mol. The standard InChI is InChI=1S/C14H26N2OS/c1-11(13-3-2-5-15-9-13)7-14(17)16-8-12-4-6-18-10-12/h11-13,15H,2-10H2,1H3,(H,16,17). The summed E-state index contributed by atoms with van der Waals surface area (Å²) in [4.78, 5) is 11.9. The molecule has 0 aromatic heterocycles. The van der Waals surface area contributed by atoms with Crippen LogP contribution in [0.4, 0.5) is 0 Å². The highest BCUT2D eigenvalue weighted by Gasteiger charge is 2.22. The first-order valence-electron chi connectivity index (χ1n) is 7.31. The Hall–Kier alpha value is -0.220. The molecule has 2 aliphatic rings. The topological polar surface area (TPSA) is 41.1 Å². The van der Waals surface area contributed by atoms with E-state index >= 15 is 0 Å². The highest BCUT2D eigenvalue weighted by molar-refractivity contribution is 7.99. The van der Waals surface area contributed by atoms with E-state index in [1.807, 2.05) is 11.8 Å². The van der Waals surface area contributed by atoms with Crippen LogP contribution in [0.2, 0.25) is 0 Å². The van der Waals surface area contributed by atoms with E-state index in [-0.39, 0.29) is 5.91 Å². The summed E-state index contributed by atoms with van der Waals surface area (Å²) in [5.74, 6) is 4.66. The summed E-state index contributed by atoms with van der Waals surface area (Å²) in [6, 6.07) is 0. The smallest absolute Gasteiger partial charge is 0.220 e. The molecule has 3 unspecified atom stereocenters. The molecule has 2 aliphatic heterocycles. The van der Waals surface area contributed by atoms with E-state index in [1.54, 1.807) is 0 Å². The minimum Gasteiger partial charge on any atom is -0.356 e. The summed E-state index contributed by atoms with van der Waals surface area (Å²) in [5.41, 5.74) is 0. The highest BCUT2D eigenvalue weighted by atomic mass is 32.2. The molecular formula is C14H26N2OS. The van der Waals surface area contributed by atoms with Crippen molar-refractivity contribution >= 4 is 17.7 Å². The Kier molecular flexibility index (Phi) is 5.83. The second-order valence-corrected chi connectivity index (χ2v) is 6.97. The van der Waals surface area contributed by atoms with Gasteiger partial charge >= 0.3 is 0 Å². The Balaban J connectivity index is 1.62. The zero-order valence-electron chi connectivity index (χ0n) is 11.4. The second kappa shape index (κ2) is 7.39. The summed E-state index contributed by atoms with van der Waals surface area (Å²) < 4.78 is 0. The number of amides is 1. The molecule has 104 valence electrons. The molecule has 2 fully saturated rings. The van der Waals surface area contributed by atoms with Gasteiger partial charge in [0.25, 0.3) is 0 Å². The lowest BCUT2D eigenvalue weighted by molar-refractivity contribution is -0.122. The van der Waals surface area contributed by atoms with Crippen molar-refractivity contribution in [3.8, 4) is 0 Å². The van der Waals surface area contributed by atoms with Crippen molar-refractivity contribution in [2.24, 2.45) is 17.8 Å². The molecule has 3 nitrogen and oxygen atoms in total. The Bertz CT molecular complexity index is 261. The molecule has 2 saturated heterocycles. The molecule has 2 heterocycles. The molecule has 0 spiro atoms. The van der Waals surface area contributed by atoms with Crippen LogP contribution in [-0.4, -0.2) is 37.0 Å². The van der Waals surface area contributed by atoms with E-state index in [0.29, 0.717) is 24.2 Å². The maximum atomic E-state index is 11.9. The number of rotatable bonds is 5. The molecule has 0 aromatic carbocycles. The van der Waals surface area contributed by atoms with Crippen molar-refractivity contribution in [3.05, 3.63) is 0 Å². The molecule has 2 N–H and O–H groups in total. The Morgan fingerprint density at radius 2 is 2.39 bits per heavy atom. The number of carbonyl (C=O) groups excluding carboxylic acids is 1. The van der Waals surface area contributed by atoms with Crippen LogP contribution >= 0.6 is 11.8 Å². The third-order valence-electron chi connectivity index (χ3n) is 4.26. The van der Waals surface area contributed by atoms with Gasteiger partial charge in [-0.25, -0.2) is 0 Å². The van der Waals surface area contributed by atoms with Gasteiger partial charge in [0.1, 0.15) is 0 Å². The van der Waals surface area contributed by atoms with Crippen molar-refractivity contribution in [2.75, 3.05) is 31.1 Å². The largest absolute Gasteiger partial charge is 0.356 e. The van der Waals surface area contributed by atoms with Gasteiger partial charge in [-0.3, -0.25) is 4.79 Å². The third kappa shape index (κ3) is 4.47. The van der Waals surface area contributed by atoms with E-state index in [4.69, 9.17) is 0 Å². The number of carbonyl (C=O) groups is 1. The number of hydrogen-bond acceptors (Lipinski definition) is 3. The van der Waals surface area contributed by atoms with Crippen LogP contribution in [0.25, 0.3) is 0 Å². The lowest BCUT2D eigenvalue weighted by Gasteiger charge is -2.28. The maximum Gasteiger partial charge on any atom is 0.220 e. The molecule has 18 heavy (non-hydrogen) atoms. The quantitative estimate of drug-likeness (QED) is 0.801. The number of thioether (sulfide) groups is 1. The van der Waals surface area contributed by atoms with Gasteiger partial charge in [-0.2, -0.15) is 11.8 Å². The van der Waals surface area contributed by atoms with Crippen molar-refractivity contribution in [2.45, 2.75) is 32.6 Å². The summed E-state index contributed by atoms with van der Waals surface area (Å²) in [6.07, 6.45) is 4.51. The van der Waals surface area contributed by atoms with Gasteiger partial charge in [0.05, 0.1) is 0 Å². The predicted octanol–water partition coefficient (Wildman–Crippen LogP) is 1.88. The van der Waals surface area contributed by atoms with Crippen LogP contribution in [0.3, 0.4) is 0 Å². The third-order valence-corrected chi connectivity index (χ3v) is 5.49. The lowest BCUT2D eigenvalue weighted by Crippen LogP contribution is -2.36. The first-order chi connectivity index (χ1) is 8.75.